The second-order valence-corrected chi connectivity index (χ2v) is 18.3. The molecule has 2 atom stereocenters. The Morgan fingerprint density at radius 2 is 1.56 bits per heavy atom. The van der Waals surface area contributed by atoms with E-state index in [-0.39, 0.29) is 21.5 Å². The summed E-state index contributed by atoms with van der Waals surface area (Å²) in [7, 11) is -6.96. The largest absolute Gasteiger partial charge is 0.373 e. The fourth-order valence-corrected chi connectivity index (χ4v) is 15.5. The molecule has 2 heterocycles. The Labute approximate surface area is 208 Å². The number of alkyl halides is 1. The Bertz CT molecular complexity index is 1200. The number of benzene rings is 2. The number of halogens is 2. The summed E-state index contributed by atoms with van der Waals surface area (Å²) in [6, 6.07) is 12.8. The normalized spacial score (nSPS) is 22.8. The summed E-state index contributed by atoms with van der Waals surface area (Å²) < 4.78 is 47.6. The number of nitrogens with zero attached hydrogens (tertiary/aromatic N) is 2. The molecule has 4 rings (SSSR count). The maximum atomic E-state index is 17.1. The maximum Gasteiger partial charge on any atom is 0.268 e. The molecule has 0 saturated carbocycles. The topological polar surface area (TPSA) is 57.7 Å². The van der Waals surface area contributed by atoms with E-state index in [1.165, 1.54) is 12.1 Å². The summed E-state index contributed by atoms with van der Waals surface area (Å²) in [5.41, 5.74) is -0.741. The number of carbonyl (C=O) groups is 1. The van der Waals surface area contributed by atoms with Crippen molar-refractivity contribution in [2.24, 2.45) is 0 Å². The van der Waals surface area contributed by atoms with Gasteiger partial charge < -0.3 is 4.57 Å². The van der Waals surface area contributed by atoms with Gasteiger partial charge in [-0.25, -0.2) is 17.1 Å². The van der Waals surface area contributed by atoms with Gasteiger partial charge in [0.1, 0.15) is 0 Å². The first-order chi connectivity index (χ1) is 15.8. The van der Waals surface area contributed by atoms with Gasteiger partial charge in [0.05, 0.1) is 11.3 Å². The average molecular weight is 523 g/mol. The first kappa shape index (κ1) is 25.2. The van der Waals surface area contributed by atoms with Crippen LogP contribution in [0.4, 0.5) is 10.1 Å². The Kier molecular flexibility index (Phi) is 6.18. The summed E-state index contributed by atoms with van der Waals surface area (Å²) >= 11 is 6.40. The van der Waals surface area contributed by atoms with Crippen LogP contribution >= 0.6 is 11.6 Å². The number of anilines is 1. The standard InChI is InChI=1S/C25H32ClFN2O3SSi/c1-16(2)34(17(3)4,18(5)6)29-22-14-19(26)12-13-21(22)25(27)15-23(30)28(24(25)29)33(31,32)20-10-8-7-9-11-20/h7-14,16-18,24H,15H2,1-6H3/t24-,25-/m1/s1. The second-order valence-electron chi connectivity index (χ2n) is 10.3. The first-order valence-electron chi connectivity index (χ1n) is 11.7. The molecule has 9 heteroatoms. The van der Waals surface area contributed by atoms with E-state index >= 15 is 4.39 Å². The maximum absolute atomic E-state index is 17.1. The molecule has 0 radical (unpaired) electrons. The summed E-state index contributed by atoms with van der Waals surface area (Å²) in [4.78, 5) is 13.3. The number of amides is 1. The van der Waals surface area contributed by atoms with Gasteiger partial charge in [-0.3, -0.25) is 4.79 Å². The highest BCUT2D eigenvalue weighted by Gasteiger charge is 2.69. The van der Waals surface area contributed by atoms with Crippen LogP contribution in [0, 0.1) is 0 Å². The quantitative estimate of drug-likeness (QED) is 0.409. The van der Waals surface area contributed by atoms with Gasteiger partial charge in [-0.05, 0) is 40.9 Å². The van der Waals surface area contributed by atoms with E-state index in [1.54, 1.807) is 36.4 Å². The first-order valence-corrected chi connectivity index (χ1v) is 15.7. The van der Waals surface area contributed by atoms with Crippen LogP contribution < -0.4 is 4.57 Å². The SMILES string of the molecule is CC(C)[Si](C(C)C)(C(C)C)N1c2cc(Cl)ccc2[C@]2(F)CC(=O)N(S(=O)(=O)c3ccccc3)[C@H]12. The van der Waals surface area contributed by atoms with Gasteiger partial charge in [0, 0.05) is 16.3 Å². The smallest absolute Gasteiger partial charge is 0.268 e. The fourth-order valence-electron chi connectivity index (χ4n) is 6.67. The van der Waals surface area contributed by atoms with Crippen molar-refractivity contribution < 1.29 is 17.6 Å². The van der Waals surface area contributed by atoms with Gasteiger partial charge >= 0.3 is 0 Å². The molecule has 2 aromatic rings. The highest BCUT2D eigenvalue weighted by atomic mass is 35.5. The zero-order valence-corrected chi connectivity index (χ0v) is 23.0. The molecule has 0 aliphatic carbocycles. The van der Waals surface area contributed by atoms with Crippen LogP contribution in [0.15, 0.2) is 53.4 Å². The molecule has 0 N–H and O–H groups in total. The lowest BCUT2D eigenvalue weighted by Gasteiger charge is -2.54. The third-order valence-corrected chi connectivity index (χ3v) is 16.6. The highest BCUT2D eigenvalue weighted by molar-refractivity contribution is 7.89. The number of rotatable bonds is 6. The molecular weight excluding hydrogens is 491 g/mol. The molecule has 34 heavy (non-hydrogen) atoms. The lowest BCUT2D eigenvalue weighted by atomic mass is 9.95. The molecule has 2 aromatic carbocycles. The third-order valence-electron chi connectivity index (χ3n) is 7.69. The molecule has 0 spiro atoms. The van der Waals surface area contributed by atoms with Crippen LogP contribution in [0.3, 0.4) is 0 Å². The van der Waals surface area contributed by atoms with Crippen LogP contribution in [0.25, 0.3) is 0 Å². The van der Waals surface area contributed by atoms with E-state index in [0.29, 0.717) is 16.3 Å². The van der Waals surface area contributed by atoms with Crippen LogP contribution in [0.2, 0.25) is 21.6 Å². The Balaban J connectivity index is 2.06. The molecule has 1 amide bonds. The van der Waals surface area contributed by atoms with Crippen molar-refractivity contribution in [1.82, 2.24) is 4.31 Å². The van der Waals surface area contributed by atoms with Gasteiger partial charge in [0.15, 0.2) is 20.1 Å². The minimum absolute atomic E-state index is 0.0209. The van der Waals surface area contributed by atoms with E-state index in [4.69, 9.17) is 11.6 Å². The molecule has 0 unspecified atom stereocenters. The lowest BCUT2D eigenvalue weighted by Crippen LogP contribution is -2.67. The van der Waals surface area contributed by atoms with Crippen molar-refractivity contribution in [2.45, 2.75) is 81.3 Å². The van der Waals surface area contributed by atoms with E-state index in [0.717, 1.165) is 4.31 Å². The van der Waals surface area contributed by atoms with Crippen molar-refractivity contribution in [1.29, 1.82) is 0 Å². The van der Waals surface area contributed by atoms with Gasteiger partial charge in [-0.1, -0.05) is 77.4 Å². The summed E-state index contributed by atoms with van der Waals surface area (Å²) in [6.07, 6.45) is -1.80. The molecule has 2 aliphatic rings. The van der Waals surface area contributed by atoms with Crippen LogP contribution in [0.5, 0.6) is 0 Å². The summed E-state index contributed by atoms with van der Waals surface area (Å²) in [5, 5.41) is 0.454. The zero-order valence-electron chi connectivity index (χ0n) is 20.4. The molecule has 5 nitrogen and oxygen atoms in total. The minimum Gasteiger partial charge on any atom is -0.373 e. The minimum atomic E-state index is -4.29. The highest BCUT2D eigenvalue weighted by Crippen LogP contribution is 2.60. The van der Waals surface area contributed by atoms with Gasteiger partial charge in [-0.2, -0.15) is 0 Å². The predicted octanol–water partition coefficient (Wildman–Crippen LogP) is 6.45. The number of hydrogen-bond acceptors (Lipinski definition) is 4. The van der Waals surface area contributed by atoms with Crippen molar-refractivity contribution in [2.75, 3.05) is 4.57 Å². The molecule has 0 bridgehead atoms. The van der Waals surface area contributed by atoms with Crippen molar-refractivity contribution in [3.63, 3.8) is 0 Å². The Morgan fingerprint density at radius 1 is 1.00 bits per heavy atom. The van der Waals surface area contributed by atoms with Crippen molar-refractivity contribution in [3.8, 4) is 0 Å². The lowest BCUT2D eigenvalue weighted by molar-refractivity contribution is -0.124. The predicted molar refractivity (Wildman–Crippen MR) is 137 cm³/mol. The van der Waals surface area contributed by atoms with Crippen molar-refractivity contribution >= 4 is 41.5 Å². The van der Waals surface area contributed by atoms with Gasteiger partial charge in [-0.15, -0.1) is 0 Å². The van der Waals surface area contributed by atoms with Gasteiger partial charge in [0.25, 0.3) is 10.0 Å². The number of hydrogen-bond donors (Lipinski definition) is 0. The molecule has 2 aliphatic heterocycles. The monoisotopic (exact) mass is 522 g/mol. The molecular formula is C25H32ClFN2O3SSi. The van der Waals surface area contributed by atoms with Crippen LogP contribution in [-0.2, 0) is 20.5 Å². The zero-order chi connectivity index (χ0) is 25.2. The second kappa shape index (κ2) is 8.35. The van der Waals surface area contributed by atoms with E-state index in [1.807, 2.05) is 4.57 Å². The van der Waals surface area contributed by atoms with E-state index < -0.39 is 42.4 Å². The van der Waals surface area contributed by atoms with E-state index in [9.17, 15) is 13.2 Å². The average Bonchev–Trinajstić information content (AvgIpc) is 3.14. The van der Waals surface area contributed by atoms with E-state index in [2.05, 4.69) is 41.5 Å². The van der Waals surface area contributed by atoms with Crippen LogP contribution in [-0.4, -0.2) is 33.0 Å². The fraction of sp³-hybridized carbons (Fsp3) is 0.480. The van der Waals surface area contributed by atoms with Gasteiger partial charge in [0.2, 0.25) is 5.91 Å². The Hall–Kier alpha value is -1.90. The Morgan fingerprint density at radius 3 is 2.09 bits per heavy atom. The van der Waals surface area contributed by atoms with Crippen molar-refractivity contribution in [3.05, 3.63) is 59.1 Å². The summed E-state index contributed by atoms with van der Waals surface area (Å²) in [5.74, 6) is -0.721. The number of fused-ring (bicyclic) bond motifs is 3. The molecule has 1 fully saturated rings. The summed E-state index contributed by atoms with van der Waals surface area (Å²) in [6.45, 7) is 12.8. The third kappa shape index (κ3) is 3.28. The number of carbonyl (C=O) groups excluding carboxylic acids is 1. The molecule has 0 aromatic heterocycles. The number of sulfonamides is 1. The molecule has 184 valence electrons. The molecule has 1 saturated heterocycles. The van der Waals surface area contributed by atoms with Crippen LogP contribution in [0.1, 0.15) is 53.5 Å².